The number of carbonyl (C=O) groups is 1. The first-order chi connectivity index (χ1) is 7.84. The molecule has 16 heavy (non-hydrogen) atoms. The molecule has 1 aliphatic rings. The van der Waals surface area contributed by atoms with Crippen molar-refractivity contribution in [3.8, 4) is 0 Å². The summed E-state index contributed by atoms with van der Waals surface area (Å²) in [5.74, 6) is 0.551. The number of aromatic nitrogens is 1. The third-order valence-electron chi connectivity index (χ3n) is 2.64. The molecule has 0 bridgehead atoms. The summed E-state index contributed by atoms with van der Waals surface area (Å²) in [6, 6.07) is 3.92. The third kappa shape index (κ3) is 3.31. The lowest BCUT2D eigenvalue weighted by molar-refractivity contribution is -0.126. The summed E-state index contributed by atoms with van der Waals surface area (Å²) in [5, 5.41) is 2.91. The zero-order valence-corrected chi connectivity index (χ0v) is 9.19. The van der Waals surface area contributed by atoms with Crippen LogP contribution in [0.15, 0.2) is 24.5 Å². The Morgan fingerprint density at radius 3 is 3.06 bits per heavy atom. The molecule has 1 saturated heterocycles. The topological polar surface area (TPSA) is 51.2 Å². The van der Waals surface area contributed by atoms with E-state index in [4.69, 9.17) is 4.74 Å². The van der Waals surface area contributed by atoms with Crippen LogP contribution in [0.4, 0.5) is 0 Å². The van der Waals surface area contributed by atoms with Gasteiger partial charge in [-0.15, -0.1) is 0 Å². The van der Waals surface area contributed by atoms with Gasteiger partial charge in [0.15, 0.2) is 0 Å². The van der Waals surface area contributed by atoms with Crippen LogP contribution in [0.3, 0.4) is 0 Å². The predicted octanol–water partition coefficient (Wildman–Crippen LogP) is 0.777. The number of rotatable bonds is 5. The van der Waals surface area contributed by atoms with E-state index in [1.165, 1.54) is 0 Å². The molecule has 1 aromatic rings. The molecule has 0 aromatic carbocycles. The number of hydrogen-bond donors (Lipinski definition) is 1. The number of nitrogens with one attached hydrogen (secondary N) is 1. The van der Waals surface area contributed by atoms with Crippen molar-refractivity contribution >= 4 is 5.91 Å². The second-order valence-corrected chi connectivity index (χ2v) is 4.07. The van der Waals surface area contributed by atoms with E-state index in [1.54, 1.807) is 6.20 Å². The lowest BCUT2D eigenvalue weighted by Crippen LogP contribution is -2.35. The van der Waals surface area contributed by atoms with Gasteiger partial charge in [0, 0.05) is 31.3 Å². The molecule has 0 radical (unpaired) electrons. The summed E-state index contributed by atoms with van der Waals surface area (Å²) in [7, 11) is 0. The molecule has 1 aliphatic heterocycles. The van der Waals surface area contributed by atoms with Crippen molar-refractivity contribution in [2.24, 2.45) is 5.92 Å². The van der Waals surface area contributed by atoms with Gasteiger partial charge in [0.05, 0.1) is 13.2 Å². The van der Waals surface area contributed by atoms with Gasteiger partial charge in [-0.25, -0.2) is 0 Å². The largest absolute Gasteiger partial charge is 0.381 e. The highest BCUT2D eigenvalue weighted by atomic mass is 16.5. The van der Waals surface area contributed by atoms with E-state index < -0.39 is 0 Å². The molecule has 1 amide bonds. The molecule has 1 fully saturated rings. The van der Waals surface area contributed by atoms with Crippen LogP contribution in [-0.2, 0) is 16.0 Å². The Labute approximate surface area is 95.0 Å². The summed E-state index contributed by atoms with van der Waals surface area (Å²) < 4.78 is 5.02. The fourth-order valence-electron chi connectivity index (χ4n) is 1.63. The van der Waals surface area contributed by atoms with Crippen LogP contribution in [0.2, 0.25) is 0 Å². The molecule has 0 unspecified atom stereocenters. The SMILES string of the molecule is O=C(CC1COC1)NCCc1cccnc1. The van der Waals surface area contributed by atoms with E-state index in [0.717, 1.165) is 25.2 Å². The number of pyridine rings is 1. The summed E-state index contributed by atoms with van der Waals surface area (Å²) in [6.07, 6.45) is 5.00. The number of nitrogens with zero attached hydrogens (tertiary/aromatic N) is 1. The van der Waals surface area contributed by atoms with Crippen LogP contribution in [0.25, 0.3) is 0 Å². The maximum Gasteiger partial charge on any atom is 0.220 e. The van der Waals surface area contributed by atoms with Crippen molar-refractivity contribution in [1.29, 1.82) is 0 Å². The van der Waals surface area contributed by atoms with E-state index >= 15 is 0 Å². The van der Waals surface area contributed by atoms with Crippen LogP contribution in [0.1, 0.15) is 12.0 Å². The van der Waals surface area contributed by atoms with Crippen molar-refractivity contribution in [2.75, 3.05) is 19.8 Å². The standard InChI is InChI=1S/C12H16N2O2/c15-12(6-11-8-16-9-11)14-5-3-10-2-1-4-13-7-10/h1-2,4,7,11H,3,5-6,8-9H2,(H,14,15). The minimum atomic E-state index is 0.122. The fourth-order valence-corrected chi connectivity index (χ4v) is 1.63. The number of hydrogen-bond acceptors (Lipinski definition) is 3. The van der Waals surface area contributed by atoms with Crippen LogP contribution in [0.5, 0.6) is 0 Å². The van der Waals surface area contributed by atoms with Crippen molar-refractivity contribution in [1.82, 2.24) is 10.3 Å². The van der Waals surface area contributed by atoms with Gasteiger partial charge < -0.3 is 10.1 Å². The first-order valence-electron chi connectivity index (χ1n) is 5.58. The number of amides is 1. The summed E-state index contributed by atoms with van der Waals surface area (Å²) in [6.45, 7) is 2.14. The van der Waals surface area contributed by atoms with Gasteiger partial charge in [0.25, 0.3) is 0 Å². The Morgan fingerprint density at radius 2 is 2.44 bits per heavy atom. The van der Waals surface area contributed by atoms with Crippen molar-refractivity contribution in [3.05, 3.63) is 30.1 Å². The molecule has 4 heteroatoms. The number of carbonyl (C=O) groups excluding carboxylic acids is 1. The van der Waals surface area contributed by atoms with Crippen LogP contribution in [0, 0.1) is 5.92 Å². The zero-order chi connectivity index (χ0) is 11.2. The highest BCUT2D eigenvalue weighted by Gasteiger charge is 2.21. The minimum absolute atomic E-state index is 0.122. The van der Waals surface area contributed by atoms with E-state index in [9.17, 15) is 4.79 Å². The van der Waals surface area contributed by atoms with Crippen LogP contribution < -0.4 is 5.32 Å². The molecule has 0 saturated carbocycles. The van der Waals surface area contributed by atoms with Gasteiger partial charge in [-0.3, -0.25) is 9.78 Å². The van der Waals surface area contributed by atoms with Crippen molar-refractivity contribution in [3.63, 3.8) is 0 Å². The van der Waals surface area contributed by atoms with E-state index in [-0.39, 0.29) is 5.91 Å². The van der Waals surface area contributed by atoms with Crippen LogP contribution in [-0.4, -0.2) is 30.6 Å². The van der Waals surface area contributed by atoms with E-state index in [2.05, 4.69) is 10.3 Å². The molecule has 86 valence electrons. The Kier molecular flexibility index (Phi) is 3.88. The average Bonchev–Trinajstić information content (AvgIpc) is 2.25. The molecule has 1 N–H and O–H groups in total. The maximum atomic E-state index is 11.5. The van der Waals surface area contributed by atoms with Gasteiger partial charge in [-0.05, 0) is 18.1 Å². The second kappa shape index (κ2) is 5.61. The predicted molar refractivity (Wildman–Crippen MR) is 59.9 cm³/mol. The van der Waals surface area contributed by atoms with Gasteiger partial charge in [0.1, 0.15) is 0 Å². The minimum Gasteiger partial charge on any atom is -0.381 e. The molecule has 4 nitrogen and oxygen atoms in total. The first-order valence-corrected chi connectivity index (χ1v) is 5.58. The quantitative estimate of drug-likeness (QED) is 0.797. The van der Waals surface area contributed by atoms with Crippen molar-refractivity contribution in [2.45, 2.75) is 12.8 Å². The molecular weight excluding hydrogens is 204 g/mol. The summed E-state index contributed by atoms with van der Waals surface area (Å²) in [5.41, 5.74) is 1.15. The molecule has 0 spiro atoms. The zero-order valence-electron chi connectivity index (χ0n) is 9.19. The normalized spacial score (nSPS) is 15.5. The molecule has 2 rings (SSSR count). The summed E-state index contributed by atoms with van der Waals surface area (Å²) in [4.78, 5) is 15.5. The van der Waals surface area contributed by atoms with Crippen molar-refractivity contribution < 1.29 is 9.53 Å². The van der Waals surface area contributed by atoms with Gasteiger partial charge >= 0.3 is 0 Å². The molecule has 1 aromatic heterocycles. The highest BCUT2D eigenvalue weighted by Crippen LogP contribution is 2.13. The third-order valence-corrected chi connectivity index (χ3v) is 2.64. The van der Waals surface area contributed by atoms with Gasteiger partial charge in [-0.1, -0.05) is 6.07 Å². The molecule has 0 aliphatic carbocycles. The Morgan fingerprint density at radius 1 is 1.56 bits per heavy atom. The Bertz CT molecular complexity index is 336. The molecule has 2 heterocycles. The Hall–Kier alpha value is -1.42. The maximum absolute atomic E-state index is 11.5. The van der Waals surface area contributed by atoms with E-state index in [0.29, 0.717) is 18.9 Å². The second-order valence-electron chi connectivity index (χ2n) is 4.07. The smallest absolute Gasteiger partial charge is 0.220 e. The van der Waals surface area contributed by atoms with Gasteiger partial charge in [-0.2, -0.15) is 0 Å². The first kappa shape index (κ1) is 11.1. The lowest BCUT2D eigenvalue weighted by atomic mass is 10.0. The van der Waals surface area contributed by atoms with Crippen LogP contribution >= 0.6 is 0 Å². The summed E-state index contributed by atoms with van der Waals surface area (Å²) >= 11 is 0. The van der Waals surface area contributed by atoms with Gasteiger partial charge in [0.2, 0.25) is 5.91 Å². The molecular formula is C12H16N2O2. The monoisotopic (exact) mass is 220 g/mol. The van der Waals surface area contributed by atoms with E-state index in [1.807, 2.05) is 18.3 Å². The molecule has 0 atom stereocenters. The highest BCUT2D eigenvalue weighted by molar-refractivity contribution is 5.76. The Balaban J connectivity index is 1.62. The average molecular weight is 220 g/mol. The number of ether oxygens (including phenoxy) is 1. The fraction of sp³-hybridized carbons (Fsp3) is 0.500. The lowest BCUT2D eigenvalue weighted by Gasteiger charge is -2.25.